The van der Waals surface area contributed by atoms with Crippen molar-refractivity contribution in [3.8, 4) is 0 Å². The Morgan fingerprint density at radius 3 is 1.77 bits per heavy atom. The minimum atomic E-state index is -4.92. The van der Waals surface area contributed by atoms with E-state index < -0.39 is 10.4 Å². The molecule has 26 heavy (non-hydrogen) atoms. The van der Waals surface area contributed by atoms with Crippen LogP contribution < -0.4 is 5.32 Å². The van der Waals surface area contributed by atoms with Gasteiger partial charge >= 0.3 is 0 Å². The maximum atomic E-state index is 11.7. The Hall–Kier alpha value is -0.700. The van der Waals surface area contributed by atoms with Crippen molar-refractivity contribution in [2.24, 2.45) is 0 Å². The Balaban J connectivity index is 0. The van der Waals surface area contributed by atoms with Gasteiger partial charge in [-0.1, -0.05) is 58.3 Å². The summed E-state index contributed by atoms with van der Waals surface area (Å²) in [5.41, 5.74) is 0. The summed E-state index contributed by atoms with van der Waals surface area (Å²) in [4.78, 5) is 11.7. The number of rotatable bonds is 14. The number of nitrogens with one attached hydrogen (secondary N) is 1. The Kier molecular flexibility index (Phi) is 17.4. The Labute approximate surface area is 160 Å². The van der Waals surface area contributed by atoms with Crippen molar-refractivity contribution in [1.82, 2.24) is 5.32 Å². The van der Waals surface area contributed by atoms with E-state index in [0.717, 1.165) is 30.4 Å². The molecule has 0 aromatic heterocycles. The molecule has 0 bridgehead atoms. The van der Waals surface area contributed by atoms with Gasteiger partial charge < -0.3 is 14.4 Å². The predicted octanol–water partition coefficient (Wildman–Crippen LogP) is 3.12. The van der Waals surface area contributed by atoms with Crippen LogP contribution in [0.25, 0.3) is 0 Å². The van der Waals surface area contributed by atoms with Crippen LogP contribution in [0.1, 0.15) is 77.6 Å². The molecule has 0 aliphatic heterocycles. The zero-order valence-corrected chi connectivity index (χ0v) is 17.9. The van der Waals surface area contributed by atoms with Crippen LogP contribution >= 0.6 is 0 Å². The molecule has 0 heterocycles. The van der Waals surface area contributed by atoms with E-state index in [1.165, 1.54) is 51.4 Å². The summed E-state index contributed by atoms with van der Waals surface area (Å²) in [7, 11) is 1.64. The lowest BCUT2D eigenvalue weighted by atomic mass is 10.1. The standard InChI is InChI=1S/C18H38N2O.H2O4S/c1-5-6-7-8-9-10-11-12-13-15-18(21)19-16-14-17-20(2,3)4;1-5(2,3)4/h5-17H2,1-4H3;(H2,1,2,3,4). The molecule has 0 atom stereocenters. The fourth-order valence-corrected chi connectivity index (χ4v) is 2.47. The molecular weight excluding hydrogens is 356 g/mol. The summed E-state index contributed by atoms with van der Waals surface area (Å²) in [5.74, 6) is 0.236. The third kappa shape index (κ3) is 34.6. The second-order valence-electron chi connectivity index (χ2n) is 7.72. The molecule has 2 N–H and O–H groups in total. The van der Waals surface area contributed by atoms with Gasteiger partial charge in [0.2, 0.25) is 16.3 Å². The first kappa shape index (κ1) is 27.5. The van der Waals surface area contributed by atoms with Gasteiger partial charge in [0.25, 0.3) is 0 Å². The fraction of sp³-hybridized carbons (Fsp3) is 0.944. The smallest absolute Gasteiger partial charge is 0.219 e. The number of hydrogen-bond acceptors (Lipinski definition) is 4. The molecule has 0 fully saturated rings. The van der Waals surface area contributed by atoms with Gasteiger partial charge in [0.1, 0.15) is 0 Å². The molecule has 0 aromatic rings. The van der Waals surface area contributed by atoms with Crippen molar-refractivity contribution in [1.29, 1.82) is 0 Å². The summed E-state index contributed by atoms with van der Waals surface area (Å²) in [6.07, 6.45) is 13.5. The van der Waals surface area contributed by atoms with Gasteiger partial charge in [-0.25, -0.2) is 8.42 Å². The van der Waals surface area contributed by atoms with Crippen molar-refractivity contribution in [3.05, 3.63) is 0 Å². The van der Waals surface area contributed by atoms with Gasteiger partial charge in [-0.2, -0.15) is 0 Å². The van der Waals surface area contributed by atoms with E-state index in [-0.39, 0.29) is 5.91 Å². The van der Waals surface area contributed by atoms with Crippen LogP contribution in [-0.2, 0) is 15.2 Å². The monoisotopic (exact) mass is 396 g/mol. The van der Waals surface area contributed by atoms with Crippen LogP contribution in [0.5, 0.6) is 0 Å². The maximum Gasteiger partial charge on any atom is 0.219 e. The lowest BCUT2D eigenvalue weighted by Crippen LogP contribution is -2.37. The molecule has 0 aromatic carbocycles. The van der Waals surface area contributed by atoms with Gasteiger partial charge in [-0.15, -0.1) is 0 Å². The molecule has 0 saturated heterocycles. The van der Waals surface area contributed by atoms with E-state index in [0.29, 0.717) is 6.42 Å². The van der Waals surface area contributed by atoms with Crippen LogP contribution in [0, 0.1) is 0 Å². The zero-order chi connectivity index (χ0) is 20.5. The third-order valence-electron chi connectivity index (χ3n) is 3.84. The van der Waals surface area contributed by atoms with Crippen molar-refractivity contribution in [2.45, 2.75) is 77.6 Å². The third-order valence-corrected chi connectivity index (χ3v) is 3.84. The summed E-state index contributed by atoms with van der Waals surface area (Å²) < 4.78 is 33.8. The average molecular weight is 397 g/mol. The van der Waals surface area contributed by atoms with Crippen LogP contribution in [0.15, 0.2) is 0 Å². The highest BCUT2D eigenvalue weighted by molar-refractivity contribution is 7.79. The molecule has 0 rings (SSSR count). The Bertz CT molecular complexity index is 425. The average Bonchev–Trinajstić information content (AvgIpc) is 2.47. The fourth-order valence-electron chi connectivity index (χ4n) is 2.47. The summed E-state index contributed by atoms with van der Waals surface area (Å²) in [6.45, 7) is 4.19. The van der Waals surface area contributed by atoms with E-state index in [1.54, 1.807) is 0 Å². The first-order valence-corrected chi connectivity index (χ1v) is 11.1. The SMILES string of the molecule is CCCCCCCCCCCC(=O)NCCC[N+](C)(C)C.O=S(=O)([O-])O. The van der Waals surface area contributed by atoms with Gasteiger partial charge in [-0.3, -0.25) is 9.35 Å². The maximum absolute atomic E-state index is 11.7. The quantitative estimate of drug-likeness (QED) is 0.203. The molecular formula is C18H40N2O5S. The minimum absolute atomic E-state index is 0.236. The second kappa shape index (κ2) is 16.5. The number of hydrogen-bond donors (Lipinski definition) is 2. The Morgan fingerprint density at radius 1 is 0.923 bits per heavy atom. The highest BCUT2D eigenvalue weighted by Gasteiger charge is 2.06. The molecule has 0 spiro atoms. The summed E-state index contributed by atoms with van der Waals surface area (Å²) in [6, 6.07) is 0. The van der Waals surface area contributed by atoms with Crippen molar-refractivity contribution >= 4 is 16.3 Å². The minimum Gasteiger partial charge on any atom is -0.726 e. The topological polar surface area (TPSA) is 107 Å². The van der Waals surface area contributed by atoms with Crippen molar-refractivity contribution in [3.63, 3.8) is 0 Å². The van der Waals surface area contributed by atoms with Gasteiger partial charge in [0, 0.05) is 19.4 Å². The summed E-state index contributed by atoms with van der Waals surface area (Å²) >= 11 is 0. The molecule has 0 aliphatic carbocycles. The number of carbonyl (C=O) groups excluding carboxylic acids is 1. The number of quaternary nitrogens is 1. The van der Waals surface area contributed by atoms with Crippen LogP contribution in [0.3, 0.4) is 0 Å². The van der Waals surface area contributed by atoms with Gasteiger partial charge in [0.05, 0.1) is 27.7 Å². The van der Waals surface area contributed by atoms with E-state index in [9.17, 15) is 4.79 Å². The lowest BCUT2D eigenvalue weighted by molar-refractivity contribution is -0.870. The molecule has 8 heteroatoms. The number of unbranched alkanes of at least 4 members (excludes halogenated alkanes) is 8. The number of nitrogens with zero attached hydrogens (tertiary/aromatic N) is 1. The van der Waals surface area contributed by atoms with E-state index >= 15 is 0 Å². The van der Waals surface area contributed by atoms with Crippen molar-refractivity contribution in [2.75, 3.05) is 34.2 Å². The van der Waals surface area contributed by atoms with Gasteiger partial charge in [0.15, 0.2) is 0 Å². The number of carbonyl (C=O) groups is 1. The summed E-state index contributed by atoms with van der Waals surface area (Å²) in [5, 5.41) is 3.03. The van der Waals surface area contributed by atoms with E-state index in [1.807, 2.05) is 0 Å². The lowest BCUT2D eigenvalue weighted by Gasteiger charge is -2.23. The molecule has 0 aliphatic rings. The normalized spacial score (nSPS) is 11.6. The van der Waals surface area contributed by atoms with Crippen molar-refractivity contribution < 1.29 is 26.8 Å². The molecule has 1 amide bonds. The zero-order valence-electron chi connectivity index (χ0n) is 17.1. The first-order valence-electron chi connectivity index (χ1n) is 9.71. The molecule has 0 saturated carbocycles. The molecule has 7 nitrogen and oxygen atoms in total. The Morgan fingerprint density at radius 2 is 1.35 bits per heavy atom. The van der Waals surface area contributed by atoms with Gasteiger partial charge in [-0.05, 0) is 6.42 Å². The number of amides is 1. The van der Waals surface area contributed by atoms with Crippen LogP contribution in [0.2, 0.25) is 0 Å². The predicted molar refractivity (Wildman–Crippen MR) is 105 cm³/mol. The molecule has 0 radical (unpaired) electrons. The van der Waals surface area contributed by atoms with Crippen LogP contribution in [-0.4, -0.2) is 62.1 Å². The highest BCUT2D eigenvalue weighted by Crippen LogP contribution is 2.10. The highest BCUT2D eigenvalue weighted by atomic mass is 32.3. The van der Waals surface area contributed by atoms with E-state index in [4.69, 9.17) is 17.5 Å². The largest absolute Gasteiger partial charge is 0.726 e. The molecule has 0 unspecified atom stereocenters. The first-order chi connectivity index (χ1) is 12.0. The second-order valence-corrected chi connectivity index (χ2v) is 8.58. The molecule has 158 valence electrons. The van der Waals surface area contributed by atoms with Crippen LogP contribution in [0.4, 0.5) is 0 Å². The van der Waals surface area contributed by atoms with E-state index in [2.05, 4.69) is 33.4 Å².